The van der Waals surface area contributed by atoms with Crippen LogP contribution in [-0.2, 0) is 16.1 Å². The van der Waals surface area contributed by atoms with Crippen LogP contribution in [0.25, 0.3) is 10.9 Å². The summed E-state index contributed by atoms with van der Waals surface area (Å²) >= 11 is 3.77. The topological polar surface area (TPSA) is 69.6 Å². The third-order valence-electron chi connectivity index (χ3n) is 6.16. The van der Waals surface area contributed by atoms with Crippen molar-refractivity contribution in [2.24, 2.45) is 0 Å². The number of methoxy groups -OCH3 is 2. The molecule has 7 heteroatoms. The molecule has 0 atom stereocenters. The number of nitrogens with one attached hydrogen (secondary N) is 1. The lowest BCUT2D eigenvalue weighted by Crippen LogP contribution is -2.12. The number of hydrogen-bond acceptors (Lipinski definition) is 4. The predicted molar refractivity (Wildman–Crippen MR) is 129 cm³/mol. The van der Waals surface area contributed by atoms with Gasteiger partial charge in [-0.25, -0.2) is 4.79 Å². The van der Waals surface area contributed by atoms with E-state index in [1.165, 1.54) is 45.3 Å². The van der Waals surface area contributed by atoms with Gasteiger partial charge in [0.05, 0.1) is 31.8 Å². The third-order valence-corrected chi connectivity index (χ3v) is 6.84. The molecule has 3 aromatic rings. The van der Waals surface area contributed by atoms with Crippen molar-refractivity contribution in [2.75, 3.05) is 19.5 Å². The highest BCUT2D eigenvalue weighted by atomic mass is 79.9. The highest BCUT2D eigenvalue weighted by molar-refractivity contribution is 9.10. The Hall–Kier alpha value is -2.80. The number of hydrogen-bond donors (Lipinski definition) is 1. The number of halogens is 1. The first-order chi connectivity index (χ1) is 15.4. The summed E-state index contributed by atoms with van der Waals surface area (Å²) in [5.74, 6) is 1.33. The van der Waals surface area contributed by atoms with E-state index in [0.29, 0.717) is 23.8 Å². The maximum atomic E-state index is 11.9. The molecule has 1 fully saturated rings. The highest BCUT2D eigenvalue weighted by Gasteiger charge is 2.22. The summed E-state index contributed by atoms with van der Waals surface area (Å²) in [5, 5.41) is 4.01. The van der Waals surface area contributed by atoms with Crippen LogP contribution in [0.2, 0.25) is 0 Å². The summed E-state index contributed by atoms with van der Waals surface area (Å²) < 4.78 is 13.6. The van der Waals surface area contributed by atoms with Gasteiger partial charge in [0.15, 0.2) is 0 Å². The van der Waals surface area contributed by atoms with Gasteiger partial charge in [0.1, 0.15) is 11.6 Å². The summed E-state index contributed by atoms with van der Waals surface area (Å²) in [7, 11) is 2.94. The van der Waals surface area contributed by atoms with Gasteiger partial charge in [-0.1, -0.05) is 34.8 Å². The Morgan fingerprint density at radius 1 is 1.12 bits per heavy atom. The summed E-state index contributed by atoms with van der Waals surface area (Å²) in [6.07, 6.45) is 4.92. The molecule has 168 valence electrons. The second kappa shape index (κ2) is 9.36. The van der Waals surface area contributed by atoms with Gasteiger partial charge in [-0.3, -0.25) is 4.79 Å². The Bertz CT molecular complexity index is 1180. The molecule has 4 rings (SSSR count). The van der Waals surface area contributed by atoms with E-state index < -0.39 is 5.97 Å². The van der Waals surface area contributed by atoms with E-state index in [4.69, 9.17) is 9.47 Å². The van der Waals surface area contributed by atoms with E-state index in [1.54, 1.807) is 19.2 Å². The summed E-state index contributed by atoms with van der Waals surface area (Å²) in [5.41, 5.74) is 3.70. The first kappa shape index (κ1) is 22.4. The van der Waals surface area contributed by atoms with Crippen molar-refractivity contribution in [3.63, 3.8) is 0 Å². The Morgan fingerprint density at radius 3 is 2.53 bits per heavy atom. The maximum absolute atomic E-state index is 11.9. The van der Waals surface area contributed by atoms with E-state index in [0.717, 1.165) is 26.8 Å². The van der Waals surface area contributed by atoms with E-state index >= 15 is 0 Å². The first-order valence-corrected chi connectivity index (χ1v) is 11.6. The second-order valence-electron chi connectivity index (χ2n) is 8.23. The van der Waals surface area contributed by atoms with E-state index in [1.807, 2.05) is 12.1 Å². The minimum atomic E-state index is -0.411. The molecular weight excluding hydrogens is 472 g/mol. The molecule has 0 unspecified atom stereocenters. The zero-order valence-electron chi connectivity index (χ0n) is 18.5. The van der Waals surface area contributed by atoms with Crippen LogP contribution in [0, 0.1) is 0 Å². The zero-order chi connectivity index (χ0) is 22.8. The molecule has 1 aliphatic rings. The first-order valence-electron chi connectivity index (χ1n) is 10.8. The zero-order valence-corrected chi connectivity index (χ0v) is 20.1. The fraction of sp³-hybridized carbons (Fsp3) is 0.360. The molecule has 1 aromatic heterocycles. The minimum Gasteiger partial charge on any atom is -0.496 e. The van der Waals surface area contributed by atoms with E-state index in [-0.39, 0.29) is 5.91 Å². The van der Waals surface area contributed by atoms with Crippen LogP contribution < -0.4 is 10.1 Å². The summed E-state index contributed by atoms with van der Waals surface area (Å²) in [4.78, 5) is 23.8. The molecule has 2 aromatic carbocycles. The van der Waals surface area contributed by atoms with Crippen LogP contribution in [0.1, 0.15) is 60.0 Å². The monoisotopic (exact) mass is 498 g/mol. The molecular formula is C25H27BrN2O4. The van der Waals surface area contributed by atoms with Gasteiger partial charge in [-0.2, -0.15) is 0 Å². The van der Waals surface area contributed by atoms with Gasteiger partial charge >= 0.3 is 5.97 Å². The lowest BCUT2D eigenvalue weighted by molar-refractivity contribution is -0.114. The molecule has 1 aliphatic carbocycles. The van der Waals surface area contributed by atoms with Gasteiger partial charge in [0.2, 0.25) is 5.91 Å². The number of esters is 1. The average Bonchev–Trinajstić information content (AvgIpc) is 3.41. The van der Waals surface area contributed by atoms with Crippen LogP contribution in [0.3, 0.4) is 0 Å². The highest BCUT2D eigenvalue weighted by Crippen LogP contribution is 2.40. The lowest BCUT2D eigenvalue weighted by Gasteiger charge is -2.16. The van der Waals surface area contributed by atoms with Crippen molar-refractivity contribution < 1.29 is 19.1 Å². The number of carbonyl (C=O) groups excluding carboxylic acids is 2. The molecule has 32 heavy (non-hydrogen) atoms. The number of aromatic nitrogens is 1. The molecule has 6 nitrogen and oxygen atoms in total. The number of anilines is 1. The van der Waals surface area contributed by atoms with Crippen LogP contribution in [0.4, 0.5) is 5.82 Å². The molecule has 1 N–H and O–H groups in total. The summed E-state index contributed by atoms with van der Waals surface area (Å²) in [6.45, 7) is 1.99. The van der Waals surface area contributed by atoms with Gasteiger partial charge in [-0.05, 0) is 54.7 Å². The van der Waals surface area contributed by atoms with Gasteiger partial charge in [0.25, 0.3) is 0 Å². The van der Waals surface area contributed by atoms with Crippen molar-refractivity contribution in [1.29, 1.82) is 0 Å². The molecule has 0 spiro atoms. The van der Waals surface area contributed by atoms with Crippen LogP contribution in [0.5, 0.6) is 5.75 Å². The quantitative estimate of drug-likeness (QED) is 0.431. The average molecular weight is 499 g/mol. The van der Waals surface area contributed by atoms with Crippen molar-refractivity contribution >= 4 is 44.5 Å². The van der Waals surface area contributed by atoms with Gasteiger partial charge < -0.3 is 19.4 Å². The Labute approximate surface area is 196 Å². The fourth-order valence-corrected chi connectivity index (χ4v) is 5.28. The maximum Gasteiger partial charge on any atom is 0.337 e. The van der Waals surface area contributed by atoms with Crippen LogP contribution >= 0.6 is 15.9 Å². The number of ether oxygens (including phenoxy) is 2. The predicted octanol–water partition coefficient (Wildman–Crippen LogP) is 5.86. The number of fused-ring (bicyclic) bond motifs is 1. The smallest absolute Gasteiger partial charge is 0.337 e. The van der Waals surface area contributed by atoms with Crippen molar-refractivity contribution in [2.45, 2.75) is 45.1 Å². The lowest BCUT2D eigenvalue weighted by atomic mass is 9.97. The number of nitrogens with zero attached hydrogens (tertiary/aromatic N) is 1. The molecule has 0 bridgehead atoms. The Morgan fingerprint density at radius 2 is 1.88 bits per heavy atom. The van der Waals surface area contributed by atoms with Crippen LogP contribution in [0.15, 0.2) is 40.9 Å². The van der Waals surface area contributed by atoms with Crippen molar-refractivity contribution in [3.05, 3.63) is 57.6 Å². The Balaban J connectivity index is 1.81. The second-order valence-corrected chi connectivity index (χ2v) is 9.08. The normalized spacial score (nSPS) is 14.0. The standard InChI is InChI=1S/C25H27BrN2O4/c1-15(29)27-24-12-19-10-21(26)20(16-6-4-5-7-16)13-22(19)28(24)14-18-9-8-17(25(30)32-3)11-23(18)31-2/h8-13,16H,4-7,14H2,1-3H3,(H,27,29). The number of carbonyl (C=O) groups is 2. The number of benzene rings is 2. The SMILES string of the molecule is COC(=O)c1ccc(Cn2c(NC(C)=O)cc3cc(Br)c(C4CCCC4)cc32)c(OC)c1. The fourth-order valence-electron chi connectivity index (χ4n) is 4.59. The van der Waals surface area contributed by atoms with Crippen LogP contribution in [-0.4, -0.2) is 30.7 Å². The summed E-state index contributed by atoms with van der Waals surface area (Å²) in [6, 6.07) is 11.7. The van der Waals surface area contributed by atoms with Gasteiger partial charge in [-0.15, -0.1) is 0 Å². The Kier molecular flexibility index (Phi) is 6.55. The molecule has 0 saturated heterocycles. The molecule has 0 aliphatic heterocycles. The van der Waals surface area contributed by atoms with Crippen molar-refractivity contribution in [1.82, 2.24) is 4.57 Å². The van der Waals surface area contributed by atoms with Gasteiger partial charge in [0, 0.05) is 22.3 Å². The van der Waals surface area contributed by atoms with E-state index in [2.05, 4.69) is 37.9 Å². The molecule has 1 saturated carbocycles. The number of amides is 1. The molecule has 1 amide bonds. The van der Waals surface area contributed by atoms with Crippen molar-refractivity contribution in [3.8, 4) is 5.75 Å². The third kappa shape index (κ3) is 4.39. The van der Waals surface area contributed by atoms with E-state index in [9.17, 15) is 9.59 Å². The molecule has 0 radical (unpaired) electrons. The largest absolute Gasteiger partial charge is 0.496 e. The molecule has 1 heterocycles. The minimum absolute atomic E-state index is 0.128. The number of rotatable bonds is 6.